The Balaban J connectivity index is 2.10. The van der Waals surface area contributed by atoms with E-state index < -0.39 is 0 Å². The first kappa shape index (κ1) is 13.8. The predicted molar refractivity (Wildman–Crippen MR) is 73.5 cm³/mol. The molecule has 0 bridgehead atoms. The lowest BCUT2D eigenvalue weighted by molar-refractivity contribution is 0.149. The molecule has 1 aromatic carbocycles. The highest BCUT2D eigenvalue weighted by Crippen LogP contribution is 2.27. The number of nitrogens with zero attached hydrogens (tertiary/aromatic N) is 1. The average Bonchev–Trinajstić information content (AvgIpc) is 2.41. The SMILES string of the molecule is CNC1CCCN(C(C)c2ccc(F)c(Cl)c2)C1. The van der Waals surface area contributed by atoms with Gasteiger partial charge in [0.25, 0.3) is 0 Å². The Morgan fingerprint density at radius 2 is 2.28 bits per heavy atom. The quantitative estimate of drug-likeness (QED) is 0.907. The molecule has 1 saturated heterocycles. The van der Waals surface area contributed by atoms with Gasteiger partial charge in [-0.1, -0.05) is 17.7 Å². The van der Waals surface area contributed by atoms with Crippen molar-refractivity contribution in [1.29, 1.82) is 0 Å². The molecular formula is C14H20ClFN2. The third-order valence-corrected chi connectivity index (χ3v) is 4.12. The Morgan fingerprint density at radius 1 is 1.50 bits per heavy atom. The first-order chi connectivity index (χ1) is 8.61. The van der Waals surface area contributed by atoms with Crippen LogP contribution < -0.4 is 5.32 Å². The van der Waals surface area contributed by atoms with Crippen molar-refractivity contribution in [3.8, 4) is 0 Å². The molecule has 1 aliphatic rings. The highest BCUT2D eigenvalue weighted by atomic mass is 35.5. The van der Waals surface area contributed by atoms with Crippen molar-refractivity contribution in [2.45, 2.75) is 31.8 Å². The second-order valence-electron chi connectivity index (χ2n) is 4.97. The fourth-order valence-electron chi connectivity index (χ4n) is 2.58. The smallest absolute Gasteiger partial charge is 0.141 e. The Morgan fingerprint density at radius 3 is 2.94 bits per heavy atom. The van der Waals surface area contributed by atoms with Crippen LogP contribution in [0.4, 0.5) is 4.39 Å². The standard InChI is InChI=1S/C14H20ClFN2/c1-10(11-5-6-14(16)13(15)8-11)18-7-3-4-12(9-18)17-2/h5-6,8,10,12,17H,3-4,7,9H2,1-2H3. The molecule has 2 rings (SSSR count). The van der Waals surface area contributed by atoms with E-state index in [1.54, 1.807) is 6.07 Å². The van der Waals surface area contributed by atoms with Crippen LogP contribution in [0.3, 0.4) is 0 Å². The molecule has 2 atom stereocenters. The van der Waals surface area contributed by atoms with Crippen molar-refractivity contribution in [1.82, 2.24) is 10.2 Å². The fraction of sp³-hybridized carbons (Fsp3) is 0.571. The molecule has 0 aromatic heterocycles. The minimum absolute atomic E-state index is 0.210. The number of hydrogen-bond acceptors (Lipinski definition) is 2. The summed E-state index contributed by atoms with van der Waals surface area (Å²) in [5.74, 6) is -0.348. The van der Waals surface area contributed by atoms with Crippen LogP contribution in [0.1, 0.15) is 31.4 Å². The van der Waals surface area contributed by atoms with Gasteiger partial charge in [0, 0.05) is 18.6 Å². The Bertz CT molecular complexity index is 411. The number of piperidine rings is 1. The van der Waals surface area contributed by atoms with E-state index in [0.29, 0.717) is 6.04 Å². The van der Waals surface area contributed by atoms with E-state index in [0.717, 1.165) is 18.7 Å². The van der Waals surface area contributed by atoms with Crippen LogP contribution in [0.2, 0.25) is 5.02 Å². The van der Waals surface area contributed by atoms with Gasteiger partial charge in [0.1, 0.15) is 5.82 Å². The first-order valence-corrected chi connectivity index (χ1v) is 6.86. The summed E-state index contributed by atoms with van der Waals surface area (Å²) in [4.78, 5) is 2.42. The van der Waals surface area contributed by atoms with Crippen LogP contribution in [0.15, 0.2) is 18.2 Å². The van der Waals surface area contributed by atoms with Gasteiger partial charge in [-0.25, -0.2) is 4.39 Å². The highest BCUT2D eigenvalue weighted by Gasteiger charge is 2.23. The zero-order valence-corrected chi connectivity index (χ0v) is 11.7. The second-order valence-corrected chi connectivity index (χ2v) is 5.38. The number of benzene rings is 1. The van der Waals surface area contributed by atoms with Crippen LogP contribution in [0.25, 0.3) is 0 Å². The van der Waals surface area contributed by atoms with E-state index in [1.807, 2.05) is 13.1 Å². The molecule has 1 aliphatic heterocycles. The third-order valence-electron chi connectivity index (χ3n) is 3.83. The molecule has 100 valence electrons. The summed E-state index contributed by atoms with van der Waals surface area (Å²) in [7, 11) is 2.01. The Labute approximate surface area is 113 Å². The zero-order valence-electron chi connectivity index (χ0n) is 10.9. The molecule has 1 N–H and O–H groups in total. The third kappa shape index (κ3) is 3.02. The predicted octanol–water partition coefficient (Wildman–Crippen LogP) is 3.22. The number of nitrogens with one attached hydrogen (secondary N) is 1. The zero-order chi connectivity index (χ0) is 13.1. The minimum atomic E-state index is -0.348. The van der Waals surface area contributed by atoms with Gasteiger partial charge in [-0.15, -0.1) is 0 Å². The summed E-state index contributed by atoms with van der Waals surface area (Å²) < 4.78 is 13.2. The fourth-order valence-corrected chi connectivity index (χ4v) is 2.77. The molecule has 1 heterocycles. The summed E-state index contributed by atoms with van der Waals surface area (Å²) in [6, 6.07) is 5.85. The van der Waals surface area contributed by atoms with Crippen molar-refractivity contribution in [3.05, 3.63) is 34.6 Å². The van der Waals surface area contributed by atoms with E-state index in [2.05, 4.69) is 17.1 Å². The number of likely N-dealkylation sites (tertiary alicyclic amines) is 1. The molecule has 1 aromatic rings. The lowest BCUT2D eigenvalue weighted by Gasteiger charge is -2.37. The number of likely N-dealkylation sites (N-methyl/N-ethyl adjacent to an activating group) is 1. The second kappa shape index (κ2) is 6.00. The van der Waals surface area contributed by atoms with E-state index in [4.69, 9.17) is 11.6 Å². The summed E-state index contributed by atoms with van der Waals surface area (Å²) in [5, 5.41) is 3.54. The normalized spacial score (nSPS) is 23.0. The molecule has 1 fully saturated rings. The van der Waals surface area contributed by atoms with Crippen LogP contribution in [0, 0.1) is 5.82 Å². The molecule has 2 unspecified atom stereocenters. The van der Waals surface area contributed by atoms with Crippen molar-refractivity contribution in [3.63, 3.8) is 0 Å². The lowest BCUT2D eigenvalue weighted by Crippen LogP contribution is -2.45. The van der Waals surface area contributed by atoms with Gasteiger partial charge < -0.3 is 5.32 Å². The highest BCUT2D eigenvalue weighted by molar-refractivity contribution is 6.30. The van der Waals surface area contributed by atoms with Crippen molar-refractivity contribution < 1.29 is 4.39 Å². The summed E-state index contributed by atoms with van der Waals surface area (Å²) in [5.41, 5.74) is 1.08. The van der Waals surface area contributed by atoms with E-state index in [1.165, 1.54) is 18.9 Å². The molecule has 18 heavy (non-hydrogen) atoms. The van der Waals surface area contributed by atoms with Gasteiger partial charge in [-0.3, -0.25) is 4.90 Å². The van der Waals surface area contributed by atoms with Gasteiger partial charge in [0.15, 0.2) is 0 Å². The number of hydrogen-bond donors (Lipinski definition) is 1. The van der Waals surface area contributed by atoms with Gasteiger partial charge in [0.05, 0.1) is 5.02 Å². The molecule has 4 heteroatoms. The maximum atomic E-state index is 13.2. The summed E-state index contributed by atoms with van der Waals surface area (Å²) in [6.07, 6.45) is 2.43. The Hall–Kier alpha value is -0.640. The molecule has 0 saturated carbocycles. The summed E-state index contributed by atoms with van der Waals surface area (Å²) >= 11 is 5.85. The van der Waals surface area contributed by atoms with Crippen molar-refractivity contribution in [2.75, 3.05) is 20.1 Å². The molecule has 2 nitrogen and oxygen atoms in total. The maximum Gasteiger partial charge on any atom is 0.141 e. The van der Waals surface area contributed by atoms with E-state index in [9.17, 15) is 4.39 Å². The summed E-state index contributed by atoms with van der Waals surface area (Å²) in [6.45, 7) is 4.28. The average molecular weight is 271 g/mol. The molecule has 0 spiro atoms. The van der Waals surface area contributed by atoms with Crippen LogP contribution in [-0.4, -0.2) is 31.1 Å². The molecule has 0 amide bonds. The van der Waals surface area contributed by atoms with E-state index >= 15 is 0 Å². The topological polar surface area (TPSA) is 15.3 Å². The number of halogens is 2. The van der Waals surface area contributed by atoms with Crippen molar-refractivity contribution in [2.24, 2.45) is 0 Å². The van der Waals surface area contributed by atoms with E-state index in [-0.39, 0.29) is 16.9 Å². The van der Waals surface area contributed by atoms with Gasteiger partial charge in [0.2, 0.25) is 0 Å². The molecule has 0 radical (unpaired) electrons. The lowest BCUT2D eigenvalue weighted by atomic mass is 10.0. The number of rotatable bonds is 3. The van der Waals surface area contributed by atoms with Crippen LogP contribution in [0.5, 0.6) is 0 Å². The molecule has 0 aliphatic carbocycles. The first-order valence-electron chi connectivity index (χ1n) is 6.48. The van der Waals surface area contributed by atoms with Gasteiger partial charge >= 0.3 is 0 Å². The molecular weight excluding hydrogens is 251 g/mol. The van der Waals surface area contributed by atoms with Gasteiger partial charge in [-0.05, 0) is 51.1 Å². The minimum Gasteiger partial charge on any atom is -0.316 e. The largest absolute Gasteiger partial charge is 0.316 e. The van der Waals surface area contributed by atoms with Crippen molar-refractivity contribution >= 4 is 11.6 Å². The monoisotopic (exact) mass is 270 g/mol. The maximum absolute atomic E-state index is 13.2. The van der Waals surface area contributed by atoms with Crippen LogP contribution in [-0.2, 0) is 0 Å². The Kier molecular flexibility index (Phi) is 4.60. The van der Waals surface area contributed by atoms with Gasteiger partial charge in [-0.2, -0.15) is 0 Å². The van der Waals surface area contributed by atoms with Crippen LogP contribution >= 0.6 is 11.6 Å².